The highest BCUT2D eigenvalue weighted by Crippen LogP contribution is 1.94. The van der Waals surface area contributed by atoms with Crippen molar-refractivity contribution in [3.8, 4) is 0 Å². The van der Waals surface area contributed by atoms with Crippen molar-refractivity contribution >= 4 is 12.0 Å². The quantitative estimate of drug-likeness (QED) is 0.639. The van der Waals surface area contributed by atoms with Crippen LogP contribution in [-0.4, -0.2) is 34.7 Å². The molecule has 0 fully saturated rings. The first-order chi connectivity index (χ1) is 9.13. The standard InChI is InChI=1S/C13H17N3O3/c1-2-5-11(12(17)18)16-13(19)15-9-7-10-6-3-4-8-14-10/h2-4,6,8,11H,1,5,7,9H2,(H,17,18)(H2,15,16,19). The largest absolute Gasteiger partial charge is 0.480 e. The molecule has 0 saturated carbocycles. The Morgan fingerprint density at radius 3 is 2.84 bits per heavy atom. The lowest BCUT2D eigenvalue weighted by Crippen LogP contribution is -2.46. The molecule has 1 unspecified atom stereocenters. The minimum Gasteiger partial charge on any atom is -0.480 e. The van der Waals surface area contributed by atoms with Crippen molar-refractivity contribution < 1.29 is 14.7 Å². The van der Waals surface area contributed by atoms with Gasteiger partial charge in [-0.15, -0.1) is 6.58 Å². The topological polar surface area (TPSA) is 91.3 Å². The zero-order chi connectivity index (χ0) is 14.1. The molecule has 0 bridgehead atoms. The Hall–Kier alpha value is -2.37. The molecule has 0 aliphatic rings. The van der Waals surface area contributed by atoms with E-state index in [4.69, 9.17) is 5.11 Å². The van der Waals surface area contributed by atoms with Crippen molar-refractivity contribution in [3.05, 3.63) is 42.7 Å². The van der Waals surface area contributed by atoms with Crippen molar-refractivity contribution in [1.82, 2.24) is 15.6 Å². The number of hydrogen-bond acceptors (Lipinski definition) is 3. The number of rotatable bonds is 7. The van der Waals surface area contributed by atoms with E-state index in [2.05, 4.69) is 22.2 Å². The van der Waals surface area contributed by atoms with Gasteiger partial charge < -0.3 is 15.7 Å². The number of carbonyl (C=O) groups excluding carboxylic acids is 1. The maximum Gasteiger partial charge on any atom is 0.326 e. The summed E-state index contributed by atoms with van der Waals surface area (Å²) < 4.78 is 0. The van der Waals surface area contributed by atoms with E-state index in [1.54, 1.807) is 6.20 Å². The number of aromatic nitrogens is 1. The van der Waals surface area contributed by atoms with Crippen molar-refractivity contribution in [3.63, 3.8) is 0 Å². The van der Waals surface area contributed by atoms with E-state index in [-0.39, 0.29) is 6.42 Å². The maximum absolute atomic E-state index is 11.5. The number of amides is 2. The van der Waals surface area contributed by atoms with E-state index in [1.807, 2.05) is 18.2 Å². The van der Waals surface area contributed by atoms with Gasteiger partial charge >= 0.3 is 12.0 Å². The van der Waals surface area contributed by atoms with Crippen molar-refractivity contribution in [1.29, 1.82) is 0 Å². The molecular weight excluding hydrogens is 246 g/mol. The van der Waals surface area contributed by atoms with Gasteiger partial charge in [0.15, 0.2) is 0 Å². The Morgan fingerprint density at radius 1 is 1.47 bits per heavy atom. The molecule has 0 saturated heterocycles. The van der Waals surface area contributed by atoms with E-state index in [0.717, 1.165) is 5.69 Å². The van der Waals surface area contributed by atoms with Gasteiger partial charge in [0, 0.05) is 24.9 Å². The molecule has 1 atom stereocenters. The summed E-state index contributed by atoms with van der Waals surface area (Å²) in [5.41, 5.74) is 0.865. The molecule has 1 rings (SSSR count). The number of urea groups is 1. The lowest BCUT2D eigenvalue weighted by Gasteiger charge is -2.13. The minimum atomic E-state index is -1.08. The fourth-order valence-corrected chi connectivity index (χ4v) is 1.45. The van der Waals surface area contributed by atoms with Crippen LogP contribution in [0, 0.1) is 0 Å². The summed E-state index contributed by atoms with van der Waals surface area (Å²) in [5.74, 6) is -1.08. The molecule has 1 aromatic heterocycles. The van der Waals surface area contributed by atoms with Crippen LogP contribution in [0.2, 0.25) is 0 Å². The summed E-state index contributed by atoms with van der Waals surface area (Å²) in [6.07, 6.45) is 3.91. The van der Waals surface area contributed by atoms with Crippen LogP contribution in [0.25, 0.3) is 0 Å². The smallest absolute Gasteiger partial charge is 0.326 e. The summed E-state index contributed by atoms with van der Waals surface area (Å²) in [4.78, 5) is 26.4. The first kappa shape index (κ1) is 14.7. The van der Waals surface area contributed by atoms with Gasteiger partial charge in [-0.1, -0.05) is 12.1 Å². The van der Waals surface area contributed by atoms with Gasteiger partial charge in [0.25, 0.3) is 0 Å². The zero-order valence-corrected chi connectivity index (χ0v) is 10.5. The molecule has 102 valence electrons. The Morgan fingerprint density at radius 2 is 2.26 bits per heavy atom. The lowest BCUT2D eigenvalue weighted by atomic mass is 10.2. The molecule has 0 aliphatic carbocycles. The summed E-state index contributed by atoms with van der Waals surface area (Å²) in [5, 5.41) is 13.8. The van der Waals surface area contributed by atoms with Gasteiger partial charge in [0.1, 0.15) is 6.04 Å². The average Bonchev–Trinajstić information content (AvgIpc) is 2.39. The molecule has 19 heavy (non-hydrogen) atoms. The molecule has 0 radical (unpaired) electrons. The highest BCUT2D eigenvalue weighted by Gasteiger charge is 2.17. The SMILES string of the molecule is C=CCC(NC(=O)NCCc1ccccn1)C(=O)O. The molecule has 3 N–H and O–H groups in total. The van der Waals surface area contributed by atoms with E-state index in [9.17, 15) is 9.59 Å². The van der Waals surface area contributed by atoms with Crippen LogP contribution in [0.15, 0.2) is 37.1 Å². The Bertz CT molecular complexity index is 434. The number of aliphatic carboxylic acids is 1. The Kier molecular flexibility index (Phi) is 6.08. The summed E-state index contributed by atoms with van der Waals surface area (Å²) in [6.45, 7) is 3.84. The first-order valence-electron chi connectivity index (χ1n) is 5.91. The molecule has 1 heterocycles. The Balaban J connectivity index is 2.31. The van der Waals surface area contributed by atoms with Crippen LogP contribution < -0.4 is 10.6 Å². The number of carboxylic acids is 1. The number of carboxylic acid groups (broad SMARTS) is 1. The second kappa shape index (κ2) is 7.86. The number of nitrogens with one attached hydrogen (secondary N) is 2. The van der Waals surface area contributed by atoms with Crippen LogP contribution in [0.4, 0.5) is 4.79 Å². The fraction of sp³-hybridized carbons (Fsp3) is 0.308. The summed E-state index contributed by atoms with van der Waals surface area (Å²) >= 11 is 0. The lowest BCUT2D eigenvalue weighted by molar-refractivity contribution is -0.139. The van der Waals surface area contributed by atoms with Crippen molar-refractivity contribution in [2.45, 2.75) is 18.9 Å². The van der Waals surface area contributed by atoms with Crippen LogP contribution in [0.3, 0.4) is 0 Å². The van der Waals surface area contributed by atoms with E-state index < -0.39 is 18.0 Å². The first-order valence-corrected chi connectivity index (χ1v) is 5.91. The van der Waals surface area contributed by atoms with E-state index >= 15 is 0 Å². The van der Waals surface area contributed by atoms with Gasteiger partial charge in [-0.2, -0.15) is 0 Å². The number of pyridine rings is 1. The van der Waals surface area contributed by atoms with E-state index in [1.165, 1.54) is 6.08 Å². The number of nitrogens with zero attached hydrogens (tertiary/aromatic N) is 1. The third-order valence-corrected chi connectivity index (χ3v) is 2.40. The predicted molar refractivity (Wildman–Crippen MR) is 70.7 cm³/mol. The molecule has 6 heteroatoms. The van der Waals surface area contributed by atoms with Crippen LogP contribution in [0.1, 0.15) is 12.1 Å². The molecule has 1 aromatic rings. The molecule has 2 amide bonds. The summed E-state index contributed by atoms with van der Waals surface area (Å²) in [7, 11) is 0. The van der Waals surface area contributed by atoms with Gasteiger partial charge in [0.05, 0.1) is 0 Å². The molecule has 0 spiro atoms. The second-order valence-corrected chi connectivity index (χ2v) is 3.89. The van der Waals surface area contributed by atoms with Crippen LogP contribution >= 0.6 is 0 Å². The summed E-state index contributed by atoms with van der Waals surface area (Å²) in [6, 6.07) is 4.08. The molecule has 0 aliphatic heterocycles. The van der Waals surface area contributed by atoms with E-state index in [0.29, 0.717) is 13.0 Å². The third kappa shape index (κ3) is 5.67. The minimum absolute atomic E-state index is 0.184. The monoisotopic (exact) mass is 263 g/mol. The zero-order valence-electron chi connectivity index (χ0n) is 10.5. The average molecular weight is 263 g/mol. The highest BCUT2D eigenvalue weighted by atomic mass is 16.4. The maximum atomic E-state index is 11.5. The Labute approximate surface area is 111 Å². The normalized spacial score (nSPS) is 11.4. The van der Waals surface area contributed by atoms with Gasteiger partial charge in [-0.05, 0) is 18.6 Å². The van der Waals surface area contributed by atoms with Gasteiger partial charge in [0.2, 0.25) is 0 Å². The fourth-order valence-electron chi connectivity index (χ4n) is 1.45. The van der Waals surface area contributed by atoms with Gasteiger partial charge in [-0.3, -0.25) is 4.98 Å². The number of hydrogen-bond donors (Lipinski definition) is 3. The second-order valence-electron chi connectivity index (χ2n) is 3.89. The number of carbonyl (C=O) groups is 2. The predicted octanol–water partition coefficient (Wildman–Crippen LogP) is 0.953. The van der Waals surface area contributed by atoms with Crippen molar-refractivity contribution in [2.75, 3.05) is 6.54 Å². The molecular formula is C13H17N3O3. The molecule has 0 aromatic carbocycles. The van der Waals surface area contributed by atoms with Crippen LogP contribution in [-0.2, 0) is 11.2 Å². The molecule has 6 nitrogen and oxygen atoms in total. The van der Waals surface area contributed by atoms with Crippen LogP contribution in [0.5, 0.6) is 0 Å². The third-order valence-electron chi connectivity index (χ3n) is 2.40. The van der Waals surface area contributed by atoms with Gasteiger partial charge in [-0.25, -0.2) is 9.59 Å². The van der Waals surface area contributed by atoms with Crippen molar-refractivity contribution in [2.24, 2.45) is 0 Å². The highest BCUT2D eigenvalue weighted by molar-refractivity contribution is 5.82.